The topological polar surface area (TPSA) is 17.1 Å². The summed E-state index contributed by atoms with van der Waals surface area (Å²) in [7, 11) is 0. The zero-order valence-corrected chi connectivity index (χ0v) is 9.97. The van der Waals surface area contributed by atoms with E-state index in [4.69, 9.17) is 0 Å². The van der Waals surface area contributed by atoms with E-state index in [0.717, 1.165) is 12.0 Å². The summed E-state index contributed by atoms with van der Waals surface area (Å²) in [4.78, 5) is 12.1. The molecular weight excluding hydrogens is 208 g/mol. The van der Waals surface area contributed by atoms with Crippen molar-refractivity contribution in [1.29, 1.82) is 0 Å². The minimum Gasteiger partial charge on any atom is -0.294 e. The van der Waals surface area contributed by atoms with Gasteiger partial charge in [0.1, 0.15) is 0 Å². The number of benzene rings is 2. The van der Waals surface area contributed by atoms with Crippen LogP contribution in [-0.4, -0.2) is 5.78 Å². The van der Waals surface area contributed by atoms with Crippen LogP contribution in [0.2, 0.25) is 0 Å². The number of hydrogen-bond acceptors (Lipinski definition) is 1. The molecule has 0 aliphatic carbocycles. The Morgan fingerprint density at radius 2 is 1.47 bits per heavy atom. The second-order valence-electron chi connectivity index (χ2n) is 4.32. The van der Waals surface area contributed by atoms with Gasteiger partial charge >= 0.3 is 0 Å². The molecule has 1 nitrogen and oxygen atoms in total. The number of carbonyl (C=O) groups excluding carboxylic acids is 1. The summed E-state index contributed by atoms with van der Waals surface area (Å²) >= 11 is 0. The lowest BCUT2D eigenvalue weighted by Gasteiger charge is -2.10. The maximum absolute atomic E-state index is 12.1. The molecule has 0 aromatic heterocycles. The Hall–Kier alpha value is -1.89. The number of Topliss-reactive ketones (excluding diaryl/α,β-unsaturated/α-hetero) is 1. The van der Waals surface area contributed by atoms with Crippen LogP contribution in [0.5, 0.6) is 0 Å². The summed E-state index contributed by atoms with van der Waals surface area (Å²) in [6.07, 6.45) is 0.800. The highest BCUT2D eigenvalue weighted by Crippen LogP contribution is 2.14. The van der Waals surface area contributed by atoms with Crippen molar-refractivity contribution in [2.24, 2.45) is 5.92 Å². The molecule has 1 unspecified atom stereocenters. The van der Waals surface area contributed by atoms with Gasteiger partial charge < -0.3 is 0 Å². The lowest BCUT2D eigenvalue weighted by atomic mass is 9.93. The summed E-state index contributed by atoms with van der Waals surface area (Å²) in [5, 5.41) is 0. The van der Waals surface area contributed by atoms with Crippen LogP contribution >= 0.6 is 0 Å². The second-order valence-corrected chi connectivity index (χ2v) is 4.32. The summed E-state index contributed by atoms with van der Waals surface area (Å²) in [6, 6.07) is 19.6. The molecule has 86 valence electrons. The number of ketones is 1. The summed E-state index contributed by atoms with van der Waals surface area (Å²) < 4.78 is 0. The van der Waals surface area contributed by atoms with E-state index in [1.807, 2.05) is 55.5 Å². The fourth-order valence-corrected chi connectivity index (χ4v) is 1.95. The Balaban J connectivity index is 2.06. The van der Waals surface area contributed by atoms with Gasteiger partial charge in [0.2, 0.25) is 0 Å². The molecule has 0 spiro atoms. The zero-order valence-electron chi connectivity index (χ0n) is 9.97. The molecular formula is C16H16O. The number of rotatable bonds is 4. The average Bonchev–Trinajstić information content (AvgIpc) is 2.40. The van der Waals surface area contributed by atoms with Gasteiger partial charge in [-0.05, 0) is 12.0 Å². The van der Waals surface area contributed by atoms with Crippen LogP contribution in [0, 0.1) is 5.92 Å². The minimum absolute atomic E-state index is 0.0276. The van der Waals surface area contributed by atoms with E-state index >= 15 is 0 Å². The van der Waals surface area contributed by atoms with Crippen LogP contribution in [-0.2, 0) is 6.42 Å². The third kappa shape index (κ3) is 3.04. The molecule has 1 heteroatoms. The minimum atomic E-state index is 0.0276. The van der Waals surface area contributed by atoms with Crippen molar-refractivity contribution in [1.82, 2.24) is 0 Å². The molecule has 0 amide bonds. The lowest BCUT2D eigenvalue weighted by molar-refractivity contribution is 0.0929. The number of carbonyl (C=O) groups is 1. The van der Waals surface area contributed by atoms with Crippen LogP contribution in [0.4, 0.5) is 0 Å². The molecule has 0 saturated carbocycles. The standard InChI is InChI=1S/C16H16O/c1-13(12-14-8-4-2-5-9-14)16(17)15-10-6-3-7-11-15/h2-11,13H,12H2,1H3. The van der Waals surface area contributed by atoms with E-state index in [-0.39, 0.29) is 11.7 Å². The van der Waals surface area contributed by atoms with Gasteiger partial charge in [0.15, 0.2) is 5.78 Å². The van der Waals surface area contributed by atoms with Crippen LogP contribution < -0.4 is 0 Å². The average molecular weight is 224 g/mol. The monoisotopic (exact) mass is 224 g/mol. The van der Waals surface area contributed by atoms with Crippen molar-refractivity contribution in [3.8, 4) is 0 Å². The van der Waals surface area contributed by atoms with Gasteiger partial charge in [-0.1, -0.05) is 67.6 Å². The van der Waals surface area contributed by atoms with E-state index in [1.54, 1.807) is 0 Å². The second kappa shape index (κ2) is 5.44. The molecule has 0 aliphatic rings. The third-order valence-electron chi connectivity index (χ3n) is 2.89. The fourth-order valence-electron chi connectivity index (χ4n) is 1.95. The molecule has 0 fully saturated rings. The maximum atomic E-state index is 12.1. The van der Waals surface area contributed by atoms with Gasteiger partial charge in [-0.15, -0.1) is 0 Å². The van der Waals surface area contributed by atoms with Crippen LogP contribution in [0.1, 0.15) is 22.8 Å². The first kappa shape index (κ1) is 11.6. The van der Waals surface area contributed by atoms with E-state index < -0.39 is 0 Å². The van der Waals surface area contributed by atoms with Crippen LogP contribution in [0.25, 0.3) is 0 Å². The molecule has 1 atom stereocenters. The first-order valence-corrected chi connectivity index (χ1v) is 5.90. The fraction of sp³-hybridized carbons (Fsp3) is 0.188. The van der Waals surface area contributed by atoms with Crippen molar-refractivity contribution in [2.45, 2.75) is 13.3 Å². The highest BCUT2D eigenvalue weighted by atomic mass is 16.1. The molecule has 0 saturated heterocycles. The van der Waals surface area contributed by atoms with Gasteiger partial charge in [-0.3, -0.25) is 4.79 Å². The largest absolute Gasteiger partial charge is 0.294 e. The molecule has 2 aromatic carbocycles. The molecule has 0 heterocycles. The smallest absolute Gasteiger partial charge is 0.165 e. The Labute approximate surface area is 102 Å². The normalized spacial score (nSPS) is 12.1. The summed E-state index contributed by atoms with van der Waals surface area (Å²) in [5.41, 5.74) is 2.01. The zero-order chi connectivity index (χ0) is 12.1. The molecule has 0 N–H and O–H groups in total. The molecule has 17 heavy (non-hydrogen) atoms. The van der Waals surface area contributed by atoms with Crippen molar-refractivity contribution in [3.05, 3.63) is 71.8 Å². The van der Waals surface area contributed by atoms with Gasteiger partial charge in [0, 0.05) is 11.5 Å². The Morgan fingerprint density at radius 3 is 2.06 bits per heavy atom. The van der Waals surface area contributed by atoms with Crippen molar-refractivity contribution >= 4 is 5.78 Å². The lowest BCUT2D eigenvalue weighted by Crippen LogP contribution is -2.13. The van der Waals surface area contributed by atoms with Crippen molar-refractivity contribution < 1.29 is 4.79 Å². The Morgan fingerprint density at radius 1 is 0.941 bits per heavy atom. The first-order valence-electron chi connectivity index (χ1n) is 5.90. The van der Waals surface area contributed by atoms with E-state index in [9.17, 15) is 4.79 Å². The van der Waals surface area contributed by atoms with Gasteiger partial charge in [0.25, 0.3) is 0 Å². The van der Waals surface area contributed by atoms with Crippen LogP contribution in [0.15, 0.2) is 60.7 Å². The SMILES string of the molecule is CC(Cc1ccccc1)C(=O)c1ccccc1. The maximum Gasteiger partial charge on any atom is 0.165 e. The molecule has 0 radical (unpaired) electrons. The predicted octanol–water partition coefficient (Wildman–Crippen LogP) is 3.75. The Kier molecular flexibility index (Phi) is 3.71. The highest BCUT2D eigenvalue weighted by Gasteiger charge is 2.14. The quantitative estimate of drug-likeness (QED) is 0.723. The Bertz CT molecular complexity index is 473. The third-order valence-corrected chi connectivity index (χ3v) is 2.89. The van der Waals surface area contributed by atoms with Crippen LogP contribution in [0.3, 0.4) is 0 Å². The molecule has 0 aliphatic heterocycles. The predicted molar refractivity (Wildman–Crippen MR) is 70.1 cm³/mol. The van der Waals surface area contributed by atoms with E-state index in [1.165, 1.54) is 5.56 Å². The van der Waals surface area contributed by atoms with Gasteiger partial charge in [-0.2, -0.15) is 0 Å². The molecule has 2 aromatic rings. The van der Waals surface area contributed by atoms with Gasteiger partial charge in [-0.25, -0.2) is 0 Å². The number of hydrogen-bond donors (Lipinski definition) is 0. The van der Waals surface area contributed by atoms with E-state index in [0.29, 0.717) is 0 Å². The molecule has 0 bridgehead atoms. The summed E-state index contributed by atoms with van der Waals surface area (Å²) in [5.74, 6) is 0.245. The van der Waals surface area contributed by atoms with Gasteiger partial charge in [0.05, 0.1) is 0 Å². The molecule has 2 rings (SSSR count). The van der Waals surface area contributed by atoms with Crippen molar-refractivity contribution in [2.75, 3.05) is 0 Å². The summed E-state index contributed by atoms with van der Waals surface area (Å²) in [6.45, 7) is 1.99. The van der Waals surface area contributed by atoms with E-state index in [2.05, 4.69) is 12.1 Å². The highest BCUT2D eigenvalue weighted by molar-refractivity contribution is 5.97. The first-order chi connectivity index (χ1) is 8.27. The van der Waals surface area contributed by atoms with Crippen molar-refractivity contribution in [3.63, 3.8) is 0 Å².